The molecule has 17 heavy (non-hydrogen) atoms. The van der Waals surface area contributed by atoms with Gasteiger partial charge < -0.3 is 0 Å². The Morgan fingerprint density at radius 2 is 1.88 bits per heavy atom. The zero-order valence-corrected chi connectivity index (χ0v) is 12.3. The molecule has 0 N–H and O–H groups in total. The molecule has 0 saturated heterocycles. The van der Waals surface area contributed by atoms with Crippen LogP contribution in [0.5, 0.6) is 0 Å². The molecule has 0 radical (unpaired) electrons. The van der Waals surface area contributed by atoms with Crippen molar-refractivity contribution in [2.24, 2.45) is 0 Å². The second-order valence-electron chi connectivity index (χ2n) is 4.78. The minimum Gasteiger partial charge on any atom is -0.296 e. The van der Waals surface area contributed by atoms with Gasteiger partial charge in [0.15, 0.2) is 5.78 Å². The molecule has 1 aliphatic rings. The minimum absolute atomic E-state index is 0.232. The van der Waals surface area contributed by atoms with Crippen LogP contribution < -0.4 is 0 Å². The number of likely N-dealkylation sites (N-methyl/N-ethyl adjacent to an activating group) is 1. The fourth-order valence-corrected chi connectivity index (χ4v) is 2.79. The topological polar surface area (TPSA) is 20.3 Å². The van der Waals surface area contributed by atoms with Gasteiger partial charge in [0.1, 0.15) is 0 Å². The molecular weight excluding hydrogens is 325 g/mol. The van der Waals surface area contributed by atoms with E-state index < -0.39 is 0 Å². The summed E-state index contributed by atoms with van der Waals surface area (Å²) < 4.78 is 1.17. The molecule has 1 aromatic rings. The lowest BCUT2D eigenvalue weighted by atomic mass is 10.1. The van der Waals surface area contributed by atoms with Gasteiger partial charge >= 0.3 is 0 Å². The number of carbonyl (C=O) groups is 1. The quantitative estimate of drug-likeness (QED) is 0.617. The maximum atomic E-state index is 12.1. The normalized spacial score (nSPS) is 16.6. The second kappa shape index (κ2) is 5.96. The largest absolute Gasteiger partial charge is 0.296 e. The van der Waals surface area contributed by atoms with Gasteiger partial charge in [0.25, 0.3) is 0 Å². The smallest absolute Gasteiger partial charge is 0.176 e. The van der Waals surface area contributed by atoms with E-state index in [9.17, 15) is 4.79 Å². The van der Waals surface area contributed by atoms with Gasteiger partial charge in [-0.05, 0) is 54.6 Å². The SMILES string of the molecule is CN(CC(=O)c1ccc(I)cc1)C1CCCC1. The number of hydrogen-bond donors (Lipinski definition) is 0. The van der Waals surface area contributed by atoms with Crippen LogP contribution in [0.4, 0.5) is 0 Å². The van der Waals surface area contributed by atoms with E-state index in [0.717, 1.165) is 5.56 Å². The van der Waals surface area contributed by atoms with Crippen LogP contribution in [-0.2, 0) is 0 Å². The molecule has 0 atom stereocenters. The molecule has 92 valence electrons. The van der Waals surface area contributed by atoms with Crippen molar-refractivity contribution in [3.8, 4) is 0 Å². The van der Waals surface area contributed by atoms with E-state index in [1.54, 1.807) is 0 Å². The third-order valence-electron chi connectivity index (χ3n) is 3.51. The number of Topliss-reactive ketones (excluding diaryl/α,β-unsaturated/α-hetero) is 1. The Balaban J connectivity index is 1.94. The van der Waals surface area contributed by atoms with Crippen LogP contribution in [0.25, 0.3) is 0 Å². The first-order valence-electron chi connectivity index (χ1n) is 6.16. The molecule has 0 unspecified atom stereocenters. The van der Waals surface area contributed by atoms with E-state index in [-0.39, 0.29) is 5.78 Å². The molecule has 1 fully saturated rings. The third-order valence-corrected chi connectivity index (χ3v) is 4.23. The minimum atomic E-state index is 0.232. The van der Waals surface area contributed by atoms with Crippen LogP contribution in [0.2, 0.25) is 0 Å². The van der Waals surface area contributed by atoms with Crippen molar-refractivity contribution in [3.63, 3.8) is 0 Å². The van der Waals surface area contributed by atoms with Crippen LogP contribution in [0.3, 0.4) is 0 Å². The lowest BCUT2D eigenvalue weighted by Crippen LogP contribution is -2.34. The maximum Gasteiger partial charge on any atom is 0.176 e. The number of hydrogen-bond acceptors (Lipinski definition) is 2. The van der Waals surface area contributed by atoms with Crippen LogP contribution in [-0.4, -0.2) is 30.3 Å². The predicted octanol–water partition coefficient (Wildman–Crippen LogP) is 3.35. The third kappa shape index (κ3) is 3.52. The van der Waals surface area contributed by atoms with E-state index >= 15 is 0 Å². The number of benzene rings is 1. The Bertz CT molecular complexity index is 382. The van der Waals surface area contributed by atoms with Gasteiger partial charge in [0.05, 0.1) is 6.54 Å². The fourth-order valence-electron chi connectivity index (χ4n) is 2.43. The highest BCUT2D eigenvalue weighted by Gasteiger charge is 2.21. The van der Waals surface area contributed by atoms with Crippen molar-refractivity contribution in [1.29, 1.82) is 0 Å². The molecule has 0 bridgehead atoms. The van der Waals surface area contributed by atoms with Crippen LogP contribution in [0.15, 0.2) is 24.3 Å². The Labute approximate surface area is 117 Å². The first kappa shape index (κ1) is 13.0. The molecule has 0 heterocycles. The average molecular weight is 343 g/mol. The zero-order valence-electron chi connectivity index (χ0n) is 10.2. The molecule has 2 rings (SSSR count). The molecule has 1 saturated carbocycles. The first-order chi connectivity index (χ1) is 8.16. The summed E-state index contributed by atoms with van der Waals surface area (Å²) in [7, 11) is 2.07. The van der Waals surface area contributed by atoms with E-state index in [1.807, 2.05) is 24.3 Å². The molecule has 0 spiro atoms. The lowest BCUT2D eigenvalue weighted by molar-refractivity contribution is 0.0921. The lowest BCUT2D eigenvalue weighted by Gasteiger charge is -2.23. The van der Waals surface area contributed by atoms with E-state index in [4.69, 9.17) is 0 Å². The van der Waals surface area contributed by atoms with Crippen LogP contribution >= 0.6 is 22.6 Å². The highest BCUT2D eigenvalue weighted by molar-refractivity contribution is 14.1. The predicted molar refractivity (Wildman–Crippen MR) is 78.4 cm³/mol. The summed E-state index contributed by atoms with van der Waals surface area (Å²) in [4.78, 5) is 14.3. The van der Waals surface area contributed by atoms with Gasteiger partial charge in [-0.2, -0.15) is 0 Å². The molecule has 0 aromatic heterocycles. The molecule has 0 amide bonds. The molecule has 2 nitrogen and oxygen atoms in total. The average Bonchev–Trinajstić information content (AvgIpc) is 2.83. The van der Waals surface area contributed by atoms with Crippen molar-refractivity contribution >= 4 is 28.4 Å². The summed E-state index contributed by atoms with van der Waals surface area (Å²) in [5.41, 5.74) is 0.829. The van der Waals surface area contributed by atoms with E-state index in [2.05, 4.69) is 34.5 Å². The fraction of sp³-hybridized carbons (Fsp3) is 0.500. The Morgan fingerprint density at radius 3 is 2.47 bits per heavy atom. The molecule has 0 aliphatic heterocycles. The van der Waals surface area contributed by atoms with E-state index in [1.165, 1.54) is 29.3 Å². The van der Waals surface area contributed by atoms with Crippen molar-refractivity contribution in [1.82, 2.24) is 4.90 Å². The van der Waals surface area contributed by atoms with Gasteiger partial charge in [-0.15, -0.1) is 0 Å². The van der Waals surface area contributed by atoms with Crippen LogP contribution in [0, 0.1) is 3.57 Å². The number of nitrogens with zero attached hydrogens (tertiary/aromatic N) is 1. The zero-order chi connectivity index (χ0) is 12.3. The Hall–Kier alpha value is -0.420. The van der Waals surface area contributed by atoms with Gasteiger partial charge in [-0.25, -0.2) is 0 Å². The summed E-state index contributed by atoms with van der Waals surface area (Å²) in [6, 6.07) is 8.44. The van der Waals surface area contributed by atoms with Crippen molar-refractivity contribution < 1.29 is 4.79 Å². The highest BCUT2D eigenvalue weighted by Crippen LogP contribution is 2.22. The highest BCUT2D eigenvalue weighted by atomic mass is 127. The van der Waals surface area contributed by atoms with Gasteiger partial charge in [-0.1, -0.05) is 25.0 Å². The number of ketones is 1. The summed E-state index contributed by atoms with van der Waals surface area (Å²) in [6.45, 7) is 0.547. The summed E-state index contributed by atoms with van der Waals surface area (Å²) in [5, 5.41) is 0. The summed E-state index contributed by atoms with van der Waals surface area (Å²) >= 11 is 2.25. The summed E-state index contributed by atoms with van der Waals surface area (Å²) in [6.07, 6.45) is 5.12. The Kier molecular flexibility index (Phi) is 4.56. The monoisotopic (exact) mass is 343 g/mol. The summed E-state index contributed by atoms with van der Waals surface area (Å²) in [5.74, 6) is 0.232. The molecule has 1 aliphatic carbocycles. The second-order valence-corrected chi connectivity index (χ2v) is 6.03. The molecule has 3 heteroatoms. The van der Waals surface area contributed by atoms with Crippen molar-refractivity contribution in [3.05, 3.63) is 33.4 Å². The maximum absolute atomic E-state index is 12.1. The van der Waals surface area contributed by atoms with Crippen molar-refractivity contribution in [2.45, 2.75) is 31.7 Å². The Morgan fingerprint density at radius 1 is 1.29 bits per heavy atom. The van der Waals surface area contributed by atoms with E-state index in [0.29, 0.717) is 12.6 Å². The van der Waals surface area contributed by atoms with Gasteiger partial charge in [-0.3, -0.25) is 9.69 Å². The number of rotatable bonds is 4. The van der Waals surface area contributed by atoms with Crippen molar-refractivity contribution in [2.75, 3.05) is 13.6 Å². The standard InChI is InChI=1S/C14H18INO/c1-16(13-4-2-3-5-13)10-14(17)11-6-8-12(15)9-7-11/h6-9,13H,2-5,10H2,1H3. The molecule has 1 aromatic carbocycles. The first-order valence-corrected chi connectivity index (χ1v) is 7.23. The van der Waals surface area contributed by atoms with Gasteiger partial charge in [0, 0.05) is 15.2 Å². The van der Waals surface area contributed by atoms with Gasteiger partial charge in [0.2, 0.25) is 0 Å². The number of halogens is 1. The number of carbonyl (C=O) groups excluding carboxylic acids is 1. The van der Waals surface area contributed by atoms with Crippen LogP contribution in [0.1, 0.15) is 36.0 Å². The molecular formula is C14H18INO.